The van der Waals surface area contributed by atoms with Crippen LogP contribution >= 0.6 is 0 Å². The molecule has 1 aromatic carbocycles. The monoisotopic (exact) mass is 313 g/mol. The standard InChI is InChI=1S/C14H23N3O3S/c1-17(2)21(19,20)12-7-8-14(13(15)9-12)16-10-3-5-11(18)6-4-10/h7-11,16,18H,3-6,15H2,1-2H3. The zero-order valence-electron chi connectivity index (χ0n) is 12.4. The number of nitrogens with zero attached hydrogens (tertiary/aromatic N) is 1. The number of aliphatic hydroxyl groups excluding tert-OH is 1. The summed E-state index contributed by atoms with van der Waals surface area (Å²) in [5.74, 6) is 0. The quantitative estimate of drug-likeness (QED) is 0.727. The molecule has 0 amide bonds. The molecule has 6 nitrogen and oxygen atoms in total. The van der Waals surface area contributed by atoms with Crippen LogP contribution in [-0.4, -0.2) is 44.1 Å². The molecule has 1 saturated carbocycles. The molecule has 1 aliphatic carbocycles. The molecule has 7 heteroatoms. The maximum Gasteiger partial charge on any atom is 0.242 e. The lowest BCUT2D eigenvalue weighted by atomic mass is 9.93. The van der Waals surface area contributed by atoms with E-state index in [1.807, 2.05) is 0 Å². The van der Waals surface area contributed by atoms with E-state index in [2.05, 4.69) is 5.32 Å². The van der Waals surface area contributed by atoms with Crippen LogP contribution in [0.5, 0.6) is 0 Å². The van der Waals surface area contributed by atoms with Gasteiger partial charge in [0.1, 0.15) is 0 Å². The third-order valence-corrected chi connectivity index (χ3v) is 5.67. The van der Waals surface area contributed by atoms with Crippen molar-refractivity contribution in [1.29, 1.82) is 0 Å². The first kappa shape index (κ1) is 16.1. The summed E-state index contributed by atoms with van der Waals surface area (Å²) in [5.41, 5.74) is 7.13. The van der Waals surface area contributed by atoms with Crippen LogP contribution in [0.25, 0.3) is 0 Å². The Balaban J connectivity index is 2.13. The predicted molar refractivity (Wildman–Crippen MR) is 83.6 cm³/mol. The van der Waals surface area contributed by atoms with Crippen molar-refractivity contribution in [3.8, 4) is 0 Å². The molecule has 0 saturated heterocycles. The largest absolute Gasteiger partial charge is 0.397 e. The fraction of sp³-hybridized carbons (Fsp3) is 0.571. The summed E-state index contributed by atoms with van der Waals surface area (Å²) in [6.45, 7) is 0. The Hall–Kier alpha value is -1.31. The minimum Gasteiger partial charge on any atom is -0.397 e. The molecule has 2 rings (SSSR count). The number of hydrogen-bond acceptors (Lipinski definition) is 5. The highest BCUT2D eigenvalue weighted by atomic mass is 32.2. The number of nitrogens with one attached hydrogen (secondary N) is 1. The van der Waals surface area contributed by atoms with Gasteiger partial charge in [0.2, 0.25) is 10.0 Å². The summed E-state index contributed by atoms with van der Waals surface area (Å²) in [7, 11) is -0.482. The molecule has 0 heterocycles. The van der Waals surface area contributed by atoms with Gasteiger partial charge < -0.3 is 16.2 Å². The van der Waals surface area contributed by atoms with Gasteiger partial charge in [0.25, 0.3) is 0 Å². The van der Waals surface area contributed by atoms with Gasteiger partial charge >= 0.3 is 0 Å². The fourth-order valence-electron chi connectivity index (χ4n) is 2.48. The van der Waals surface area contributed by atoms with Gasteiger partial charge in [0.05, 0.1) is 22.4 Å². The molecule has 1 aromatic rings. The van der Waals surface area contributed by atoms with Crippen molar-refractivity contribution in [1.82, 2.24) is 4.31 Å². The highest BCUT2D eigenvalue weighted by Gasteiger charge is 2.21. The van der Waals surface area contributed by atoms with Crippen molar-refractivity contribution < 1.29 is 13.5 Å². The second-order valence-electron chi connectivity index (χ2n) is 5.69. The van der Waals surface area contributed by atoms with E-state index in [1.165, 1.54) is 20.2 Å². The van der Waals surface area contributed by atoms with Crippen LogP contribution in [0.3, 0.4) is 0 Å². The smallest absolute Gasteiger partial charge is 0.242 e. The van der Waals surface area contributed by atoms with Gasteiger partial charge in [0.15, 0.2) is 0 Å². The van der Waals surface area contributed by atoms with Crippen molar-refractivity contribution in [3.05, 3.63) is 18.2 Å². The van der Waals surface area contributed by atoms with E-state index in [-0.39, 0.29) is 17.0 Å². The summed E-state index contributed by atoms with van der Waals surface area (Å²) in [6, 6.07) is 5.02. The number of nitrogens with two attached hydrogens (primary N) is 1. The van der Waals surface area contributed by atoms with Gasteiger partial charge in [-0.25, -0.2) is 12.7 Å². The third kappa shape index (κ3) is 3.66. The van der Waals surface area contributed by atoms with Crippen LogP contribution in [0, 0.1) is 0 Å². The summed E-state index contributed by atoms with van der Waals surface area (Å²) < 4.78 is 25.3. The summed E-state index contributed by atoms with van der Waals surface area (Å²) in [4.78, 5) is 0.189. The molecule has 0 bridgehead atoms. The number of sulfonamides is 1. The lowest BCUT2D eigenvalue weighted by Gasteiger charge is -2.27. The third-order valence-electron chi connectivity index (χ3n) is 3.86. The van der Waals surface area contributed by atoms with Crippen LogP contribution in [0.15, 0.2) is 23.1 Å². The van der Waals surface area contributed by atoms with Gasteiger partial charge in [-0.05, 0) is 43.9 Å². The number of hydrogen-bond donors (Lipinski definition) is 3. The van der Waals surface area contributed by atoms with E-state index in [4.69, 9.17) is 5.73 Å². The minimum atomic E-state index is -3.46. The molecule has 21 heavy (non-hydrogen) atoms. The van der Waals surface area contributed by atoms with Crippen molar-refractivity contribution in [3.63, 3.8) is 0 Å². The summed E-state index contributed by atoms with van der Waals surface area (Å²) in [6.07, 6.45) is 3.14. The maximum absolute atomic E-state index is 12.0. The zero-order chi connectivity index (χ0) is 15.6. The van der Waals surface area contributed by atoms with Crippen LogP contribution in [0.1, 0.15) is 25.7 Å². The highest BCUT2D eigenvalue weighted by molar-refractivity contribution is 7.89. The molecule has 0 spiro atoms. The Kier molecular flexibility index (Phi) is 4.75. The summed E-state index contributed by atoms with van der Waals surface area (Å²) >= 11 is 0. The molecule has 0 radical (unpaired) electrons. The molecule has 118 valence electrons. The van der Waals surface area contributed by atoms with Crippen LogP contribution < -0.4 is 11.1 Å². The van der Waals surface area contributed by atoms with E-state index in [0.717, 1.165) is 35.7 Å². The number of aliphatic hydroxyl groups is 1. The number of benzene rings is 1. The van der Waals surface area contributed by atoms with Gasteiger partial charge in [-0.2, -0.15) is 0 Å². The average Bonchev–Trinajstić information content (AvgIpc) is 2.43. The molecular weight excluding hydrogens is 290 g/mol. The fourth-order valence-corrected chi connectivity index (χ4v) is 3.42. The Labute approximate surface area is 126 Å². The lowest BCUT2D eigenvalue weighted by Crippen LogP contribution is -2.28. The van der Waals surface area contributed by atoms with Gasteiger partial charge in [-0.15, -0.1) is 0 Å². The van der Waals surface area contributed by atoms with Crippen molar-refractivity contribution in [2.24, 2.45) is 0 Å². The molecule has 1 aliphatic rings. The Morgan fingerprint density at radius 1 is 1.24 bits per heavy atom. The van der Waals surface area contributed by atoms with Crippen molar-refractivity contribution >= 4 is 21.4 Å². The van der Waals surface area contributed by atoms with E-state index >= 15 is 0 Å². The van der Waals surface area contributed by atoms with E-state index in [9.17, 15) is 13.5 Å². The van der Waals surface area contributed by atoms with Crippen LogP contribution in [-0.2, 0) is 10.0 Å². The summed E-state index contributed by atoms with van der Waals surface area (Å²) in [5, 5.41) is 12.8. The number of rotatable bonds is 4. The second kappa shape index (κ2) is 6.21. The van der Waals surface area contributed by atoms with Gasteiger partial charge in [-0.3, -0.25) is 0 Å². The van der Waals surface area contributed by atoms with E-state index in [0.29, 0.717) is 5.69 Å². The first-order valence-corrected chi connectivity index (χ1v) is 8.51. The van der Waals surface area contributed by atoms with E-state index in [1.54, 1.807) is 12.1 Å². The van der Waals surface area contributed by atoms with Gasteiger partial charge in [-0.1, -0.05) is 0 Å². The van der Waals surface area contributed by atoms with Gasteiger partial charge in [0, 0.05) is 20.1 Å². The van der Waals surface area contributed by atoms with Crippen LogP contribution in [0.4, 0.5) is 11.4 Å². The molecule has 4 N–H and O–H groups in total. The minimum absolute atomic E-state index is 0.189. The molecule has 0 atom stereocenters. The highest BCUT2D eigenvalue weighted by Crippen LogP contribution is 2.28. The molecule has 1 fully saturated rings. The van der Waals surface area contributed by atoms with E-state index < -0.39 is 10.0 Å². The first-order chi connectivity index (χ1) is 9.80. The van der Waals surface area contributed by atoms with Crippen LogP contribution in [0.2, 0.25) is 0 Å². The Bertz CT molecular complexity index is 593. The topological polar surface area (TPSA) is 95.7 Å². The SMILES string of the molecule is CN(C)S(=O)(=O)c1ccc(NC2CCC(O)CC2)c(N)c1. The zero-order valence-corrected chi connectivity index (χ0v) is 13.2. The molecule has 0 aliphatic heterocycles. The van der Waals surface area contributed by atoms with Crippen molar-refractivity contribution in [2.75, 3.05) is 25.1 Å². The molecule has 0 unspecified atom stereocenters. The van der Waals surface area contributed by atoms with Crippen molar-refractivity contribution in [2.45, 2.75) is 42.7 Å². The lowest BCUT2D eigenvalue weighted by molar-refractivity contribution is 0.126. The number of anilines is 2. The molecular formula is C14H23N3O3S. The normalized spacial score (nSPS) is 23.2. The predicted octanol–water partition coefficient (Wildman–Crippen LogP) is 1.23. The Morgan fingerprint density at radius 2 is 1.86 bits per heavy atom. The Morgan fingerprint density at radius 3 is 2.38 bits per heavy atom. The average molecular weight is 313 g/mol. The number of nitrogen functional groups attached to an aromatic ring is 1. The molecule has 0 aromatic heterocycles. The second-order valence-corrected chi connectivity index (χ2v) is 7.84. The first-order valence-electron chi connectivity index (χ1n) is 7.07. The maximum atomic E-state index is 12.0.